The van der Waals surface area contributed by atoms with Gasteiger partial charge in [0.2, 0.25) is 0 Å². The summed E-state index contributed by atoms with van der Waals surface area (Å²) in [6.45, 7) is 10.9. The Labute approximate surface area is 281 Å². The summed E-state index contributed by atoms with van der Waals surface area (Å²) < 4.78 is 0. The molecule has 6 rings (SSSR count). The molecule has 6 aromatic carbocycles. The van der Waals surface area contributed by atoms with Crippen LogP contribution in [-0.2, 0) is 6.54 Å². The van der Waals surface area contributed by atoms with E-state index in [0.29, 0.717) is 6.54 Å². The molecule has 1 nitrogen and oxygen atoms in total. The molecule has 0 amide bonds. The first-order valence-corrected chi connectivity index (χ1v) is 17.2. The summed E-state index contributed by atoms with van der Waals surface area (Å²) in [6.07, 6.45) is 20.6. The first-order valence-electron chi connectivity index (χ1n) is 15.9. The summed E-state index contributed by atoms with van der Waals surface area (Å²) in [4.78, 5) is 4.94. The second-order valence-electron chi connectivity index (χ2n) is 11.2. The first kappa shape index (κ1) is 33.1. The maximum absolute atomic E-state index is 4.94. The van der Waals surface area contributed by atoms with Crippen molar-refractivity contribution in [2.45, 2.75) is 27.3 Å². The number of hydrogen-bond acceptors (Lipinski definition) is 1. The number of terminal acetylenes is 1. The van der Waals surface area contributed by atoms with E-state index < -0.39 is 7.92 Å². The smallest absolute Gasteiger partial charge is 0.0640 e. The van der Waals surface area contributed by atoms with Gasteiger partial charge < -0.3 is 0 Å². The highest BCUT2D eigenvalue weighted by molar-refractivity contribution is 7.74. The summed E-state index contributed by atoms with van der Waals surface area (Å²) in [7, 11) is -0.751. The lowest BCUT2D eigenvalue weighted by atomic mass is 9.92. The Morgan fingerprint density at radius 2 is 1.28 bits per heavy atom. The number of benzene rings is 6. The van der Waals surface area contributed by atoms with Crippen LogP contribution in [0.3, 0.4) is 0 Å². The van der Waals surface area contributed by atoms with Crippen LogP contribution in [-0.4, -0.2) is 6.21 Å². The Hall–Kier alpha value is -5.28. The normalized spacial score (nSPS) is 12.9. The largest absolute Gasteiger partial charge is 0.288 e. The fourth-order valence-corrected chi connectivity index (χ4v) is 8.58. The predicted molar refractivity (Wildman–Crippen MR) is 211 cm³/mol. The summed E-state index contributed by atoms with van der Waals surface area (Å²) >= 11 is 0. The monoisotopic (exact) mass is 625 g/mol. The predicted octanol–water partition coefficient (Wildman–Crippen LogP) is 12.3. The van der Waals surface area contributed by atoms with Gasteiger partial charge in [0.05, 0.1) is 6.54 Å². The van der Waals surface area contributed by atoms with E-state index in [0.717, 1.165) is 0 Å². The Bertz CT molecular complexity index is 2140. The van der Waals surface area contributed by atoms with Gasteiger partial charge in [0.25, 0.3) is 0 Å². The number of rotatable bonds is 9. The average Bonchev–Trinajstić information content (AvgIpc) is 3.12. The molecule has 0 radical (unpaired) electrons. The van der Waals surface area contributed by atoms with Gasteiger partial charge in [0, 0.05) is 6.21 Å². The second kappa shape index (κ2) is 15.8. The Morgan fingerprint density at radius 3 is 1.85 bits per heavy atom. The molecule has 0 aliphatic carbocycles. The molecule has 230 valence electrons. The molecule has 0 spiro atoms. The van der Waals surface area contributed by atoms with Crippen molar-refractivity contribution in [1.29, 1.82) is 0 Å². The van der Waals surface area contributed by atoms with Crippen molar-refractivity contribution in [3.8, 4) is 24.0 Å². The molecule has 0 aromatic heterocycles. The number of hydrogen-bond donors (Lipinski definition) is 0. The Morgan fingerprint density at radius 1 is 0.681 bits per heavy atom. The number of aliphatic imine (C=N–C) groups is 1. The molecular weight excluding hydrogens is 585 g/mol. The minimum Gasteiger partial charge on any atom is -0.288 e. The van der Waals surface area contributed by atoms with Gasteiger partial charge in [-0.1, -0.05) is 152 Å². The summed E-state index contributed by atoms with van der Waals surface area (Å²) in [5, 5.41) is 11.6. The van der Waals surface area contributed by atoms with E-state index >= 15 is 0 Å². The van der Waals surface area contributed by atoms with Crippen LogP contribution < -0.4 is 5.30 Å². The van der Waals surface area contributed by atoms with Gasteiger partial charge in [0.15, 0.2) is 0 Å². The van der Waals surface area contributed by atoms with Crippen LogP contribution in [0.5, 0.6) is 0 Å². The second-order valence-corrected chi connectivity index (χ2v) is 13.5. The molecule has 0 N–H and O–H groups in total. The molecule has 0 fully saturated rings. The number of nitrogens with zero attached hydrogens (tertiary/aromatic N) is 1. The molecule has 0 aliphatic heterocycles. The van der Waals surface area contributed by atoms with E-state index in [2.05, 4.69) is 186 Å². The molecule has 2 heteroatoms. The molecule has 0 heterocycles. The fourth-order valence-electron chi connectivity index (χ4n) is 6.11. The van der Waals surface area contributed by atoms with E-state index in [1.807, 2.05) is 6.08 Å². The van der Waals surface area contributed by atoms with Crippen molar-refractivity contribution >= 4 is 51.8 Å². The van der Waals surface area contributed by atoms with Crippen molar-refractivity contribution < 1.29 is 0 Å². The van der Waals surface area contributed by atoms with Crippen molar-refractivity contribution in [3.05, 3.63) is 174 Å². The van der Waals surface area contributed by atoms with Crippen molar-refractivity contribution in [2.24, 2.45) is 4.99 Å². The lowest BCUT2D eigenvalue weighted by molar-refractivity contribution is 1.08. The van der Waals surface area contributed by atoms with E-state index in [-0.39, 0.29) is 0 Å². The van der Waals surface area contributed by atoms with Gasteiger partial charge in [-0.25, -0.2) is 0 Å². The Balaban J connectivity index is 0.00000213. The third-order valence-electron chi connectivity index (χ3n) is 8.23. The zero-order valence-corrected chi connectivity index (χ0v) is 28.3. The number of fused-ring (bicyclic) bond motifs is 6. The minimum atomic E-state index is -0.751. The molecule has 6 aromatic rings. The maximum Gasteiger partial charge on any atom is 0.0640 e. The average molecular weight is 626 g/mol. The van der Waals surface area contributed by atoms with Gasteiger partial charge >= 0.3 is 0 Å². The fraction of sp³-hybridized carbons (Fsp3) is 0.0889. The van der Waals surface area contributed by atoms with E-state index in [1.54, 1.807) is 0 Å². The topological polar surface area (TPSA) is 12.4 Å². The van der Waals surface area contributed by atoms with E-state index in [4.69, 9.17) is 4.99 Å². The highest BCUT2D eigenvalue weighted by Crippen LogP contribution is 2.51. The standard InChI is InChI=1S/C43H38NP.C2H2/c1-5-13-36(14-6-2)45(37-16-12-15-31(4)27-37)35(7-3)30-44-29-32-21-23-33(24-22-32)34-25-26-42-40-19-9-8-17-38(40)39-18-10-11-20-41(39)43(42)28-34;1-2/h5-28,30H,1,29H2,2-4H3;1-2H/b14-6-,35-7+,36-13+,44-30?;. The highest BCUT2D eigenvalue weighted by atomic mass is 31.1. The van der Waals surface area contributed by atoms with Gasteiger partial charge in [0.1, 0.15) is 0 Å². The summed E-state index contributed by atoms with van der Waals surface area (Å²) in [5.74, 6) is 0. The number of allylic oxidation sites excluding steroid dienone is 7. The van der Waals surface area contributed by atoms with Gasteiger partial charge in [-0.15, -0.1) is 12.8 Å². The molecule has 0 saturated carbocycles. The highest BCUT2D eigenvalue weighted by Gasteiger charge is 2.18. The number of aryl methyl sites for hydroxylation is 1. The van der Waals surface area contributed by atoms with Crippen LogP contribution in [0.4, 0.5) is 0 Å². The van der Waals surface area contributed by atoms with Gasteiger partial charge in [-0.3, -0.25) is 4.99 Å². The van der Waals surface area contributed by atoms with Crippen LogP contribution in [0.1, 0.15) is 25.0 Å². The van der Waals surface area contributed by atoms with Crippen LogP contribution in [0.2, 0.25) is 0 Å². The molecule has 1 unspecified atom stereocenters. The quantitative estimate of drug-likeness (QED) is 0.0498. The first-order chi connectivity index (χ1) is 23.1. The molecule has 0 aliphatic rings. The van der Waals surface area contributed by atoms with Gasteiger partial charge in [-0.05, 0) is 99.7 Å². The molecule has 0 saturated heterocycles. The third kappa shape index (κ3) is 7.26. The zero-order valence-electron chi connectivity index (χ0n) is 27.4. The molecule has 1 atom stereocenters. The van der Waals surface area contributed by atoms with Crippen molar-refractivity contribution in [2.75, 3.05) is 0 Å². The maximum atomic E-state index is 4.94. The van der Waals surface area contributed by atoms with Crippen LogP contribution in [0.25, 0.3) is 43.4 Å². The SMILES string of the molecule is C#C.C=C/C=C(\C=C/C)P(/C(C=NCc1ccc(-c2ccc3c4ccccc4c4ccccc4c3c2)cc1)=C/C)c1cccc(C)c1. The van der Waals surface area contributed by atoms with E-state index in [1.165, 1.54) is 70.5 Å². The summed E-state index contributed by atoms with van der Waals surface area (Å²) in [5.41, 5.74) is 4.89. The summed E-state index contributed by atoms with van der Waals surface area (Å²) in [6, 6.07) is 42.0. The molecule has 0 bridgehead atoms. The van der Waals surface area contributed by atoms with Crippen molar-refractivity contribution in [3.63, 3.8) is 0 Å². The van der Waals surface area contributed by atoms with Crippen LogP contribution in [0.15, 0.2) is 168 Å². The van der Waals surface area contributed by atoms with E-state index in [9.17, 15) is 0 Å². The third-order valence-corrected chi connectivity index (χ3v) is 10.7. The van der Waals surface area contributed by atoms with Crippen LogP contribution in [0, 0.1) is 19.8 Å². The lowest BCUT2D eigenvalue weighted by Gasteiger charge is -2.21. The molecular formula is C45H40NP. The van der Waals surface area contributed by atoms with Gasteiger partial charge in [-0.2, -0.15) is 0 Å². The molecule has 47 heavy (non-hydrogen) atoms. The van der Waals surface area contributed by atoms with Crippen LogP contribution >= 0.6 is 7.92 Å². The van der Waals surface area contributed by atoms with Crippen molar-refractivity contribution in [1.82, 2.24) is 0 Å². The Kier molecular flexibility index (Phi) is 11.1. The zero-order chi connectivity index (χ0) is 33.2. The minimum absolute atomic E-state index is 0.632. The lowest BCUT2D eigenvalue weighted by Crippen LogP contribution is -2.05.